The van der Waals surface area contributed by atoms with E-state index in [4.69, 9.17) is 14.2 Å². The molecule has 1 fully saturated rings. The lowest BCUT2D eigenvalue weighted by Gasteiger charge is -2.24. The van der Waals surface area contributed by atoms with Crippen LogP contribution in [0.4, 0.5) is 0 Å². The van der Waals surface area contributed by atoms with Crippen LogP contribution in [-0.4, -0.2) is 64.8 Å². The molecule has 2 aromatic carbocycles. The Morgan fingerprint density at radius 2 is 1.60 bits per heavy atom. The van der Waals surface area contributed by atoms with Crippen LogP contribution in [-0.2, 0) is 19.1 Å². The average molecular weight is 488 g/mol. The van der Waals surface area contributed by atoms with Crippen LogP contribution >= 0.6 is 0 Å². The van der Waals surface area contributed by atoms with Crippen LogP contribution in [0.25, 0.3) is 0 Å². The number of rotatable bonds is 11. The first kappa shape index (κ1) is 26.6. The Balaban J connectivity index is 1.86. The summed E-state index contributed by atoms with van der Waals surface area (Å²) in [6.07, 6.45) is -4.59. The van der Waals surface area contributed by atoms with E-state index in [2.05, 4.69) is 12.2 Å². The van der Waals surface area contributed by atoms with Gasteiger partial charge in [-0.2, -0.15) is 0 Å². The third-order valence-electron chi connectivity index (χ3n) is 5.99. The molecule has 0 amide bonds. The summed E-state index contributed by atoms with van der Waals surface area (Å²) in [6.45, 7) is 4.46. The van der Waals surface area contributed by atoms with Crippen LogP contribution < -0.4 is 10.1 Å². The quantitative estimate of drug-likeness (QED) is 0.377. The van der Waals surface area contributed by atoms with Gasteiger partial charge in [0.25, 0.3) is 0 Å². The van der Waals surface area contributed by atoms with E-state index in [0.717, 1.165) is 6.42 Å². The van der Waals surface area contributed by atoms with E-state index < -0.39 is 42.5 Å². The summed E-state index contributed by atoms with van der Waals surface area (Å²) < 4.78 is 17.6. The van der Waals surface area contributed by atoms with Crippen molar-refractivity contribution in [1.82, 2.24) is 5.32 Å². The summed E-state index contributed by atoms with van der Waals surface area (Å²) in [5, 5.41) is 33.0. The molecule has 0 aromatic heterocycles. The number of aliphatic hydroxyl groups excluding tert-OH is 1. The van der Waals surface area contributed by atoms with E-state index in [-0.39, 0.29) is 19.1 Å². The summed E-state index contributed by atoms with van der Waals surface area (Å²) >= 11 is 0. The van der Waals surface area contributed by atoms with Crippen molar-refractivity contribution < 1.29 is 39.1 Å². The highest BCUT2D eigenvalue weighted by Gasteiger charge is 2.44. The molecule has 0 aliphatic carbocycles. The number of para-hydroxylation sites is 1. The van der Waals surface area contributed by atoms with Crippen LogP contribution in [0.1, 0.15) is 50.0 Å². The summed E-state index contributed by atoms with van der Waals surface area (Å²) in [7, 11) is 0. The van der Waals surface area contributed by atoms with Crippen molar-refractivity contribution in [2.75, 3.05) is 13.2 Å². The van der Waals surface area contributed by atoms with Crippen molar-refractivity contribution in [1.29, 1.82) is 0 Å². The molecule has 1 saturated heterocycles. The molecular weight excluding hydrogens is 454 g/mol. The highest BCUT2D eigenvalue weighted by molar-refractivity contribution is 5.83. The van der Waals surface area contributed by atoms with E-state index in [1.54, 1.807) is 48.5 Å². The second-order valence-corrected chi connectivity index (χ2v) is 8.63. The largest absolute Gasteiger partial charge is 0.490 e. The Morgan fingerprint density at radius 1 is 1.00 bits per heavy atom. The average Bonchev–Trinajstić information content (AvgIpc) is 3.07. The molecule has 9 nitrogen and oxygen atoms in total. The number of carboxylic acid groups (broad SMARTS) is 2. The van der Waals surface area contributed by atoms with Crippen molar-refractivity contribution >= 4 is 11.9 Å². The minimum Gasteiger partial charge on any atom is -0.490 e. The Hall–Kier alpha value is -2.98. The van der Waals surface area contributed by atoms with Crippen molar-refractivity contribution in [3.8, 4) is 5.75 Å². The molecule has 4 N–H and O–H groups in total. The van der Waals surface area contributed by atoms with Gasteiger partial charge in [-0.1, -0.05) is 55.5 Å². The lowest BCUT2D eigenvalue weighted by molar-refractivity contribution is -0.177. The van der Waals surface area contributed by atoms with E-state index in [9.17, 15) is 24.9 Å². The van der Waals surface area contributed by atoms with E-state index >= 15 is 0 Å². The maximum atomic E-state index is 12.0. The van der Waals surface area contributed by atoms with Gasteiger partial charge in [0.15, 0.2) is 12.2 Å². The van der Waals surface area contributed by atoms with Crippen LogP contribution in [0.2, 0.25) is 0 Å². The predicted molar refractivity (Wildman–Crippen MR) is 127 cm³/mol. The van der Waals surface area contributed by atoms with Gasteiger partial charge >= 0.3 is 11.9 Å². The summed E-state index contributed by atoms with van der Waals surface area (Å²) in [5.41, 5.74) is 1.26. The van der Waals surface area contributed by atoms with Crippen LogP contribution in [0.5, 0.6) is 5.75 Å². The summed E-state index contributed by atoms with van der Waals surface area (Å²) in [5.74, 6) is -2.42. The molecular formula is C26H33NO8. The third-order valence-corrected chi connectivity index (χ3v) is 5.99. The smallest absolute Gasteiger partial charge is 0.336 e. The topological polar surface area (TPSA) is 135 Å². The number of aliphatic carboxylic acids is 2. The van der Waals surface area contributed by atoms with Crippen LogP contribution in [0, 0.1) is 0 Å². The van der Waals surface area contributed by atoms with Gasteiger partial charge < -0.3 is 34.8 Å². The SMILES string of the molecule is CCC(C)NCC(O)COc1ccccc1C1CC(c2ccccc2)O[C@@H](C(=O)O)[C@H](C(=O)O)O1. The molecule has 1 heterocycles. The van der Waals surface area contributed by atoms with E-state index in [1.807, 2.05) is 13.0 Å². The van der Waals surface area contributed by atoms with Gasteiger partial charge in [-0.15, -0.1) is 0 Å². The first-order valence-electron chi connectivity index (χ1n) is 11.7. The van der Waals surface area contributed by atoms with Crippen molar-refractivity contribution in [2.24, 2.45) is 0 Å². The summed E-state index contributed by atoms with van der Waals surface area (Å²) in [4.78, 5) is 23.8. The highest BCUT2D eigenvalue weighted by Crippen LogP contribution is 2.40. The van der Waals surface area contributed by atoms with Crippen molar-refractivity contribution in [3.63, 3.8) is 0 Å². The Bertz CT molecular complexity index is 969. The number of benzene rings is 2. The highest BCUT2D eigenvalue weighted by atomic mass is 16.6. The monoisotopic (exact) mass is 487 g/mol. The second kappa shape index (κ2) is 12.6. The Labute approximate surface area is 204 Å². The maximum absolute atomic E-state index is 12.0. The van der Waals surface area contributed by atoms with Crippen LogP contribution in [0.15, 0.2) is 54.6 Å². The number of hydrogen-bond acceptors (Lipinski definition) is 7. The van der Waals surface area contributed by atoms with Gasteiger partial charge in [-0.05, 0) is 25.0 Å². The zero-order chi connectivity index (χ0) is 25.4. The molecule has 0 saturated carbocycles. The first-order chi connectivity index (χ1) is 16.8. The van der Waals surface area contributed by atoms with Gasteiger partial charge in [0.1, 0.15) is 18.5 Å². The number of carbonyl (C=O) groups is 2. The van der Waals surface area contributed by atoms with Gasteiger partial charge in [0, 0.05) is 24.6 Å². The molecule has 1 aliphatic heterocycles. The molecule has 35 heavy (non-hydrogen) atoms. The normalized spacial score (nSPS) is 24.2. The minimum absolute atomic E-state index is 0.0197. The lowest BCUT2D eigenvalue weighted by Crippen LogP contribution is -2.42. The maximum Gasteiger partial charge on any atom is 0.336 e. The van der Waals surface area contributed by atoms with Crippen LogP contribution in [0.3, 0.4) is 0 Å². The van der Waals surface area contributed by atoms with Gasteiger partial charge in [0.05, 0.1) is 12.2 Å². The molecule has 0 spiro atoms. The van der Waals surface area contributed by atoms with Crippen molar-refractivity contribution in [2.45, 2.75) is 63.3 Å². The molecule has 190 valence electrons. The van der Waals surface area contributed by atoms with E-state index in [0.29, 0.717) is 23.4 Å². The molecule has 1 aliphatic rings. The fourth-order valence-corrected chi connectivity index (χ4v) is 3.86. The predicted octanol–water partition coefficient (Wildman–Crippen LogP) is 2.94. The van der Waals surface area contributed by atoms with Gasteiger partial charge in [-0.25, -0.2) is 9.59 Å². The van der Waals surface area contributed by atoms with Crippen molar-refractivity contribution in [3.05, 3.63) is 65.7 Å². The number of carboxylic acids is 2. The van der Waals surface area contributed by atoms with E-state index in [1.165, 1.54) is 0 Å². The molecule has 0 radical (unpaired) electrons. The summed E-state index contributed by atoms with van der Waals surface area (Å²) in [6, 6.07) is 16.3. The van der Waals surface area contributed by atoms with Gasteiger partial charge in [-0.3, -0.25) is 0 Å². The standard InChI is InChI=1S/C26H33NO8/c1-3-16(2)27-14-18(28)15-33-20-12-8-7-11-19(20)22-13-21(17-9-5-4-6-10-17)34-23(25(29)30)24(35-22)26(31)32/h4-12,16,18,21-24,27-28H,3,13-15H2,1-2H3,(H,29,30)(H,31,32)/t16?,18?,21?,22?,23-,24-/m1/s1. The molecule has 0 bridgehead atoms. The fourth-order valence-electron chi connectivity index (χ4n) is 3.86. The molecule has 6 atom stereocenters. The number of ether oxygens (including phenoxy) is 3. The van der Waals surface area contributed by atoms with Gasteiger partial charge in [0.2, 0.25) is 0 Å². The molecule has 3 rings (SSSR count). The fraction of sp³-hybridized carbons (Fsp3) is 0.462. The number of aliphatic hydroxyl groups is 1. The minimum atomic E-state index is -1.72. The Kier molecular flexibility index (Phi) is 9.62. The number of hydrogen-bond donors (Lipinski definition) is 4. The molecule has 4 unspecified atom stereocenters. The third kappa shape index (κ3) is 7.25. The Morgan fingerprint density at radius 3 is 2.23 bits per heavy atom. The molecule has 9 heteroatoms. The first-order valence-corrected chi connectivity index (χ1v) is 11.7. The second-order valence-electron chi connectivity index (χ2n) is 8.63. The lowest BCUT2D eigenvalue weighted by atomic mass is 9.98. The zero-order valence-electron chi connectivity index (χ0n) is 19.9. The zero-order valence-corrected chi connectivity index (χ0v) is 19.9. The molecule has 2 aromatic rings. The number of nitrogens with one attached hydrogen (secondary N) is 1.